The first-order valence-corrected chi connectivity index (χ1v) is 8.15. The molecule has 1 aliphatic heterocycles. The van der Waals surface area contributed by atoms with Crippen LogP contribution < -0.4 is 5.32 Å². The topological polar surface area (TPSA) is 88.5 Å². The molecule has 120 valence electrons. The lowest BCUT2D eigenvalue weighted by molar-refractivity contribution is -0.125. The van der Waals surface area contributed by atoms with Crippen LogP contribution in [0.5, 0.6) is 0 Å². The summed E-state index contributed by atoms with van der Waals surface area (Å²) in [5, 5.41) is 14.0. The maximum Gasteiger partial charge on any atom is 0.355 e. The number of aromatic carboxylic acids is 1. The molecule has 2 aromatic rings. The number of nitrogens with zero attached hydrogens (tertiary/aromatic N) is 1. The summed E-state index contributed by atoms with van der Waals surface area (Å²) in [6, 6.07) is 7.58. The number of carbonyl (C=O) groups excluding carboxylic acids is 1. The number of thiazole rings is 1. The molecule has 6 nitrogen and oxygen atoms in total. The second-order valence-corrected chi connectivity index (χ2v) is 6.18. The average Bonchev–Trinajstić information content (AvgIpc) is 3.24. The first-order valence-electron chi connectivity index (χ1n) is 7.27. The van der Waals surface area contributed by atoms with Crippen LogP contribution in [-0.2, 0) is 16.1 Å². The Morgan fingerprint density at radius 3 is 3.00 bits per heavy atom. The predicted molar refractivity (Wildman–Crippen MR) is 85.3 cm³/mol. The second kappa shape index (κ2) is 6.89. The van der Waals surface area contributed by atoms with E-state index < -0.39 is 5.97 Å². The molecule has 2 heterocycles. The number of carboxylic acids is 1. The van der Waals surface area contributed by atoms with Gasteiger partial charge >= 0.3 is 5.97 Å². The fourth-order valence-corrected chi connectivity index (χ4v) is 3.18. The summed E-state index contributed by atoms with van der Waals surface area (Å²) in [6.07, 6.45) is 0.767. The molecule has 1 aromatic heterocycles. The predicted octanol–water partition coefficient (Wildman–Crippen LogP) is 2.16. The highest BCUT2D eigenvalue weighted by molar-refractivity contribution is 7.13. The number of hydrogen-bond acceptors (Lipinski definition) is 5. The van der Waals surface area contributed by atoms with Crippen LogP contribution in [0.25, 0.3) is 10.6 Å². The average molecular weight is 332 g/mol. The van der Waals surface area contributed by atoms with Crippen molar-refractivity contribution in [2.24, 2.45) is 5.92 Å². The highest BCUT2D eigenvalue weighted by Gasteiger charge is 2.23. The van der Waals surface area contributed by atoms with Crippen molar-refractivity contribution in [3.8, 4) is 10.6 Å². The third-order valence-electron chi connectivity index (χ3n) is 3.66. The van der Waals surface area contributed by atoms with Crippen molar-refractivity contribution >= 4 is 23.2 Å². The zero-order valence-corrected chi connectivity index (χ0v) is 13.1. The maximum atomic E-state index is 12.0. The van der Waals surface area contributed by atoms with Gasteiger partial charge in [0.15, 0.2) is 5.69 Å². The van der Waals surface area contributed by atoms with Crippen LogP contribution >= 0.6 is 11.3 Å². The number of hydrogen-bond donors (Lipinski definition) is 2. The van der Waals surface area contributed by atoms with Gasteiger partial charge in [-0.15, -0.1) is 11.3 Å². The zero-order valence-electron chi connectivity index (χ0n) is 12.3. The van der Waals surface area contributed by atoms with Crippen LogP contribution in [0.1, 0.15) is 22.5 Å². The van der Waals surface area contributed by atoms with Gasteiger partial charge in [-0.3, -0.25) is 4.79 Å². The van der Waals surface area contributed by atoms with Gasteiger partial charge in [0, 0.05) is 24.1 Å². The Balaban J connectivity index is 1.67. The Bertz CT molecular complexity index is 722. The van der Waals surface area contributed by atoms with E-state index in [0.717, 1.165) is 17.5 Å². The summed E-state index contributed by atoms with van der Waals surface area (Å²) in [7, 11) is 0. The number of carbonyl (C=O) groups is 2. The molecular weight excluding hydrogens is 316 g/mol. The van der Waals surface area contributed by atoms with Crippen molar-refractivity contribution in [1.82, 2.24) is 10.3 Å². The normalized spacial score (nSPS) is 17.1. The fraction of sp³-hybridized carbons (Fsp3) is 0.312. The van der Waals surface area contributed by atoms with E-state index in [1.54, 1.807) is 0 Å². The van der Waals surface area contributed by atoms with Gasteiger partial charge in [-0.25, -0.2) is 9.78 Å². The largest absolute Gasteiger partial charge is 0.476 e. The quantitative estimate of drug-likeness (QED) is 0.876. The number of carboxylic acid groups (broad SMARTS) is 1. The lowest BCUT2D eigenvalue weighted by atomic mass is 10.1. The molecule has 0 spiro atoms. The van der Waals surface area contributed by atoms with Crippen molar-refractivity contribution in [3.05, 3.63) is 40.9 Å². The molecule has 0 saturated carbocycles. The second-order valence-electron chi connectivity index (χ2n) is 5.32. The van der Waals surface area contributed by atoms with E-state index in [0.29, 0.717) is 24.8 Å². The molecule has 7 heteroatoms. The van der Waals surface area contributed by atoms with Crippen LogP contribution in [0, 0.1) is 5.92 Å². The number of ether oxygens (including phenoxy) is 1. The molecule has 1 fully saturated rings. The summed E-state index contributed by atoms with van der Waals surface area (Å²) in [4.78, 5) is 27.0. The number of nitrogens with one attached hydrogen (secondary N) is 1. The monoisotopic (exact) mass is 332 g/mol. The lowest BCUT2D eigenvalue weighted by Gasteiger charge is -2.10. The van der Waals surface area contributed by atoms with Crippen molar-refractivity contribution in [1.29, 1.82) is 0 Å². The zero-order chi connectivity index (χ0) is 16.2. The summed E-state index contributed by atoms with van der Waals surface area (Å²) in [5.74, 6) is -1.08. The number of aromatic nitrogens is 1. The Morgan fingerprint density at radius 1 is 1.43 bits per heavy atom. The van der Waals surface area contributed by atoms with E-state index in [1.165, 1.54) is 16.7 Å². The standard InChI is InChI=1S/C16H16N2O4S/c19-14(12-4-5-22-8-12)17-7-10-2-1-3-11(6-10)15-18-13(9-23-15)16(20)21/h1-3,6,9,12H,4-5,7-8H2,(H,17,19)(H,20,21)/t12-/m1/s1. The molecule has 2 N–H and O–H groups in total. The molecule has 1 aliphatic rings. The van der Waals surface area contributed by atoms with Gasteiger partial charge in [-0.1, -0.05) is 18.2 Å². The van der Waals surface area contributed by atoms with Crippen LogP contribution in [0.15, 0.2) is 29.6 Å². The van der Waals surface area contributed by atoms with Crippen molar-refractivity contribution < 1.29 is 19.4 Å². The maximum absolute atomic E-state index is 12.0. The van der Waals surface area contributed by atoms with Gasteiger partial charge in [-0.05, 0) is 18.1 Å². The van der Waals surface area contributed by atoms with Crippen LogP contribution in [0.3, 0.4) is 0 Å². The van der Waals surface area contributed by atoms with E-state index in [9.17, 15) is 9.59 Å². The first-order chi connectivity index (χ1) is 11.1. The number of amides is 1. The first kappa shape index (κ1) is 15.6. The van der Waals surface area contributed by atoms with Crippen molar-refractivity contribution in [3.63, 3.8) is 0 Å². The van der Waals surface area contributed by atoms with Gasteiger partial charge in [-0.2, -0.15) is 0 Å². The van der Waals surface area contributed by atoms with Gasteiger partial charge in [0.1, 0.15) is 5.01 Å². The third kappa shape index (κ3) is 3.75. The fourth-order valence-electron chi connectivity index (χ4n) is 2.39. The van der Waals surface area contributed by atoms with E-state index in [4.69, 9.17) is 9.84 Å². The highest BCUT2D eigenvalue weighted by atomic mass is 32.1. The van der Waals surface area contributed by atoms with Crippen molar-refractivity contribution in [2.45, 2.75) is 13.0 Å². The molecule has 1 saturated heterocycles. The van der Waals surface area contributed by atoms with E-state index >= 15 is 0 Å². The van der Waals surface area contributed by atoms with E-state index in [1.807, 2.05) is 24.3 Å². The number of rotatable bonds is 5. The molecule has 0 radical (unpaired) electrons. The molecule has 1 atom stereocenters. The molecule has 1 amide bonds. The molecule has 0 bridgehead atoms. The molecule has 23 heavy (non-hydrogen) atoms. The van der Waals surface area contributed by atoms with Crippen LogP contribution in [-0.4, -0.2) is 35.2 Å². The van der Waals surface area contributed by atoms with Gasteiger partial charge in [0.2, 0.25) is 5.91 Å². The molecule has 3 rings (SSSR count). The molecule has 0 aliphatic carbocycles. The minimum absolute atomic E-state index is 0.00955. The van der Waals surface area contributed by atoms with E-state index in [-0.39, 0.29) is 17.5 Å². The Labute approximate surface area is 137 Å². The van der Waals surface area contributed by atoms with Crippen LogP contribution in [0.2, 0.25) is 0 Å². The SMILES string of the molecule is O=C(O)c1csc(-c2cccc(CNC(=O)[C@@H]3CCOC3)c2)n1. The molecule has 1 aromatic carbocycles. The van der Waals surface area contributed by atoms with Crippen molar-refractivity contribution in [2.75, 3.05) is 13.2 Å². The summed E-state index contributed by atoms with van der Waals surface area (Å²) in [6.45, 7) is 1.56. The summed E-state index contributed by atoms with van der Waals surface area (Å²) >= 11 is 1.29. The molecule has 0 unspecified atom stereocenters. The summed E-state index contributed by atoms with van der Waals surface area (Å²) in [5.41, 5.74) is 1.84. The third-order valence-corrected chi connectivity index (χ3v) is 4.56. The highest BCUT2D eigenvalue weighted by Crippen LogP contribution is 2.24. The number of benzene rings is 1. The minimum Gasteiger partial charge on any atom is -0.476 e. The Kier molecular flexibility index (Phi) is 4.68. The Morgan fingerprint density at radius 2 is 2.30 bits per heavy atom. The summed E-state index contributed by atoms with van der Waals surface area (Å²) < 4.78 is 5.21. The van der Waals surface area contributed by atoms with E-state index in [2.05, 4.69) is 10.3 Å². The van der Waals surface area contributed by atoms with Crippen LogP contribution in [0.4, 0.5) is 0 Å². The smallest absolute Gasteiger partial charge is 0.355 e. The Hall–Kier alpha value is -2.25. The lowest BCUT2D eigenvalue weighted by Crippen LogP contribution is -2.30. The minimum atomic E-state index is -1.03. The van der Waals surface area contributed by atoms with Gasteiger partial charge in [0.25, 0.3) is 0 Å². The molecular formula is C16H16N2O4S. The van der Waals surface area contributed by atoms with Gasteiger partial charge < -0.3 is 15.2 Å². The van der Waals surface area contributed by atoms with Gasteiger partial charge in [0.05, 0.1) is 12.5 Å².